The molecule has 0 saturated carbocycles. The highest BCUT2D eigenvalue weighted by atomic mass is 32.2. The third kappa shape index (κ3) is 7.91. The number of nitrogens with zero attached hydrogens (tertiary/aromatic N) is 2. The molecule has 0 bridgehead atoms. The minimum atomic E-state index is -4.48. The quantitative estimate of drug-likeness (QED) is 0.110. The zero-order valence-electron chi connectivity index (χ0n) is 27.1. The summed E-state index contributed by atoms with van der Waals surface area (Å²) in [5, 5.41) is 30.2. The van der Waals surface area contributed by atoms with Crippen LogP contribution in [0.4, 0.5) is 20.2 Å². The van der Waals surface area contributed by atoms with Gasteiger partial charge in [-0.2, -0.15) is 0 Å². The van der Waals surface area contributed by atoms with Gasteiger partial charge in [0.2, 0.25) is 0 Å². The number of sulfonamides is 1. The topological polar surface area (TPSA) is 120 Å². The monoisotopic (exact) mass is 688 g/mol. The highest BCUT2D eigenvalue weighted by molar-refractivity contribution is 7.93. The Morgan fingerprint density at radius 1 is 0.755 bits per heavy atom. The van der Waals surface area contributed by atoms with E-state index in [1.807, 2.05) is 13.8 Å². The summed E-state index contributed by atoms with van der Waals surface area (Å²) >= 11 is 0. The minimum absolute atomic E-state index is 0.0305. The standard InChI is InChI=1S/C38H38F2N2O6S/c1-25(2)36-38(49(47,48)42(30-9-5-3-6-10-30)31-11-7-4-8-12-31)35(26-13-17-28(39)18-14-26)37(27-15-19-29(40)20-16-27)41(36)22-21-32(43)23-33(44)24-34(45)46/h3-20,25,32-33,43-44H,21-24H2,1-2H3,(H,45,46). The van der Waals surface area contributed by atoms with Gasteiger partial charge in [-0.05, 0) is 90.6 Å². The Morgan fingerprint density at radius 3 is 1.71 bits per heavy atom. The van der Waals surface area contributed by atoms with Crippen LogP contribution in [0.2, 0.25) is 0 Å². The molecule has 0 spiro atoms. The first-order valence-corrected chi connectivity index (χ1v) is 17.3. The number of carbonyl (C=O) groups is 1. The number of aliphatic hydroxyl groups excluding tert-OH is 2. The van der Waals surface area contributed by atoms with Crippen molar-refractivity contribution in [3.8, 4) is 22.4 Å². The number of aliphatic carboxylic acids is 1. The second-order valence-electron chi connectivity index (χ2n) is 12.1. The van der Waals surface area contributed by atoms with E-state index < -0.39 is 52.2 Å². The molecule has 5 aromatic rings. The van der Waals surface area contributed by atoms with Crippen LogP contribution in [0.25, 0.3) is 22.4 Å². The molecular weight excluding hydrogens is 650 g/mol. The third-order valence-electron chi connectivity index (χ3n) is 8.17. The van der Waals surface area contributed by atoms with Crippen molar-refractivity contribution in [2.75, 3.05) is 4.31 Å². The van der Waals surface area contributed by atoms with Crippen LogP contribution in [0.3, 0.4) is 0 Å². The average Bonchev–Trinajstić information content (AvgIpc) is 3.41. The SMILES string of the molecule is CC(C)c1c(S(=O)(=O)N(c2ccccc2)c2ccccc2)c(-c2ccc(F)cc2)c(-c2ccc(F)cc2)n1CCC(O)CC(O)CC(=O)O. The molecule has 1 aromatic heterocycles. The molecule has 1 heterocycles. The summed E-state index contributed by atoms with van der Waals surface area (Å²) in [7, 11) is -4.48. The Bertz CT molecular complexity index is 1940. The lowest BCUT2D eigenvalue weighted by atomic mass is 10.00. The molecule has 2 unspecified atom stereocenters. The molecule has 0 aliphatic heterocycles. The van der Waals surface area contributed by atoms with E-state index in [0.717, 1.165) is 0 Å². The van der Waals surface area contributed by atoms with Gasteiger partial charge in [0, 0.05) is 17.8 Å². The fraction of sp³-hybridized carbons (Fsp3) is 0.237. The molecule has 3 N–H and O–H groups in total. The van der Waals surface area contributed by atoms with Crippen molar-refractivity contribution in [2.45, 2.75) is 62.7 Å². The third-order valence-corrected chi connectivity index (χ3v) is 10.0. The Morgan fingerprint density at radius 2 is 1.24 bits per heavy atom. The molecule has 0 fully saturated rings. The number of rotatable bonds is 14. The van der Waals surface area contributed by atoms with Crippen molar-refractivity contribution in [1.82, 2.24) is 4.57 Å². The van der Waals surface area contributed by atoms with Crippen LogP contribution in [-0.4, -0.2) is 46.5 Å². The number of halogens is 2. The van der Waals surface area contributed by atoms with Crippen molar-refractivity contribution in [3.05, 3.63) is 127 Å². The van der Waals surface area contributed by atoms with Gasteiger partial charge in [-0.1, -0.05) is 62.4 Å². The van der Waals surface area contributed by atoms with Gasteiger partial charge in [-0.25, -0.2) is 21.5 Å². The summed E-state index contributed by atoms with van der Waals surface area (Å²) in [6.45, 7) is 3.74. The predicted molar refractivity (Wildman–Crippen MR) is 185 cm³/mol. The van der Waals surface area contributed by atoms with Gasteiger partial charge in [-0.3, -0.25) is 4.79 Å². The van der Waals surface area contributed by atoms with E-state index >= 15 is 8.42 Å². The normalized spacial score (nSPS) is 13.0. The van der Waals surface area contributed by atoms with E-state index in [4.69, 9.17) is 5.11 Å². The van der Waals surface area contributed by atoms with Crippen LogP contribution < -0.4 is 4.31 Å². The molecule has 11 heteroatoms. The summed E-state index contributed by atoms with van der Waals surface area (Å²) < 4.78 is 62.4. The van der Waals surface area contributed by atoms with Crippen LogP contribution in [0, 0.1) is 11.6 Å². The lowest BCUT2D eigenvalue weighted by Crippen LogP contribution is -2.28. The number of aliphatic hydroxyl groups is 2. The summed E-state index contributed by atoms with van der Waals surface area (Å²) in [5.74, 6) is -2.63. The second kappa shape index (κ2) is 15.1. The first kappa shape index (κ1) is 35.5. The molecule has 0 amide bonds. The molecule has 0 aliphatic rings. The number of aromatic nitrogens is 1. The van der Waals surface area contributed by atoms with Crippen molar-refractivity contribution in [1.29, 1.82) is 0 Å². The van der Waals surface area contributed by atoms with Crippen molar-refractivity contribution >= 4 is 27.4 Å². The van der Waals surface area contributed by atoms with Crippen LogP contribution in [-0.2, 0) is 21.4 Å². The zero-order chi connectivity index (χ0) is 35.3. The number of carboxylic acids is 1. The number of hydrogen-bond donors (Lipinski definition) is 3. The predicted octanol–water partition coefficient (Wildman–Crippen LogP) is 7.73. The minimum Gasteiger partial charge on any atom is -0.481 e. The van der Waals surface area contributed by atoms with Crippen LogP contribution >= 0.6 is 0 Å². The number of benzene rings is 4. The number of anilines is 2. The molecule has 256 valence electrons. The number of carboxylic acid groups (broad SMARTS) is 1. The van der Waals surface area contributed by atoms with E-state index in [0.29, 0.717) is 33.9 Å². The maximum atomic E-state index is 15.4. The smallest absolute Gasteiger partial charge is 0.305 e. The van der Waals surface area contributed by atoms with E-state index in [-0.39, 0.29) is 29.8 Å². The molecule has 2 atom stereocenters. The Kier molecular flexibility index (Phi) is 11.0. The van der Waals surface area contributed by atoms with Gasteiger partial charge < -0.3 is 19.9 Å². The Labute approximate surface area is 284 Å². The zero-order valence-corrected chi connectivity index (χ0v) is 27.9. The fourth-order valence-corrected chi connectivity index (χ4v) is 8.18. The van der Waals surface area contributed by atoms with Crippen molar-refractivity contribution in [3.63, 3.8) is 0 Å². The van der Waals surface area contributed by atoms with Crippen LogP contribution in [0.1, 0.15) is 44.7 Å². The summed E-state index contributed by atoms with van der Waals surface area (Å²) in [4.78, 5) is 11.1. The molecule has 0 aliphatic carbocycles. The first-order chi connectivity index (χ1) is 23.4. The maximum Gasteiger partial charge on any atom is 0.305 e. The van der Waals surface area contributed by atoms with Gasteiger partial charge in [0.05, 0.1) is 35.7 Å². The summed E-state index contributed by atoms with van der Waals surface area (Å²) in [6, 6.07) is 28.3. The van der Waals surface area contributed by atoms with Crippen molar-refractivity contribution < 1.29 is 37.3 Å². The van der Waals surface area contributed by atoms with Gasteiger partial charge in [0.25, 0.3) is 10.0 Å². The van der Waals surface area contributed by atoms with Gasteiger partial charge in [-0.15, -0.1) is 0 Å². The second-order valence-corrected chi connectivity index (χ2v) is 13.9. The molecule has 8 nitrogen and oxygen atoms in total. The largest absolute Gasteiger partial charge is 0.481 e. The van der Waals surface area contributed by atoms with Gasteiger partial charge >= 0.3 is 5.97 Å². The van der Waals surface area contributed by atoms with Gasteiger partial charge in [0.1, 0.15) is 16.5 Å². The highest BCUT2D eigenvalue weighted by Gasteiger charge is 2.38. The van der Waals surface area contributed by atoms with Crippen molar-refractivity contribution in [2.24, 2.45) is 0 Å². The van der Waals surface area contributed by atoms with Crippen LogP contribution in [0.15, 0.2) is 114 Å². The highest BCUT2D eigenvalue weighted by Crippen LogP contribution is 2.47. The summed E-state index contributed by atoms with van der Waals surface area (Å²) in [6.07, 6.45) is -3.12. The first-order valence-electron chi connectivity index (χ1n) is 15.9. The van der Waals surface area contributed by atoms with E-state index in [9.17, 15) is 23.8 Å². The lowest BCUT2D eigenvalue weighted by molar-refractivity contribution is -0.139. The van der Waals surface area contributed by atoms with E-state index in [2.05, 4.69) is 0 Å². The molecule has 4 aromatic carbocycles. The van der Waals surface area contributed by atoms with Crippen LogP contribution in [0.5, 0.6) is 0 Å². The maximum absolute atomic E-state index is 15.4. The van der Waals surface area contributed by atoms with E-state index in [1.165, 1.54) is 52.8 Å². The number of hydrogen-bond acceptors (Lipinski definition) is 5. The van der Waals surface area contributed by atoms with E-state index in [1.54, 1.807) is 65.2 Å². The lowest BCUT2D eigenvalue weighted by Gasteiger charge is -2.26. The molecule has 49 heavy (non-hydrogen) atoms. The summed E-state index contributed by atoms with van der Waals surface area (Å²) in [5.41, 5.74) is 2.73. The molecular formula is C38H38F2N2O6S. The molecule has 0 saturated heterocycles. The molecule has 5 rings (SSSR count). The Balaban J connectivity index is 1.83. The number of para-hydroxylation sites is 2. The average molecular weight is 689 g/mol. The van der Waals surface area contributed by atoms with Gasteiger partial charge in [0.15, 0.2) is 0 Å². The molecule has 0 radical (unpaired) electrons. The Hall–Kier alpha value is -4.84. The fourth-order valence-electron chi connectivity index (χ4n) is 6.11.